The molecule has 0 fully saturated rings. The molecule has 0 aromatic heterocycles. The van der Waals surface area contributed by atoms with Crippen molar-refractivity contribution in [3.8, 4) is 0 Å². The van der Waals surface area contributed by atoms with Crippen molar-refractivity contribution in [2.45, 2.75) is 6.54 Å². The van der Waals surface area contributed by atoms with Gasteiger partial charge in [-0.05, 0) is 36.0 Å². The summed E-state index contributed by atoms with van der Waals surface area (Å²) < 4.78 is 0. The summed E-state index contributed by atoms with van der Waals surface area (Å²) >= 11 is 4.79. The van der Waals surface area contributed by atoms with Gasteiger partial charge in [-0.15, -0.1) is 0 Å². The summed E-state index contributed by atoms with van der Waals surface area (Å²) in [6.45, 7) is 2.80. The molecular weight excluding hydrogens is 208 g/mol. The van der Waals surface area contributed by atoms with E-state index in [2.05, 4.69) is 22.0 Å². The van der Waals surface area contributed by atoms with Crippen molar-refractivity contribution in [3.63, 3.8) is 0 Å². The topological polar surface area (TPSA) is 62.1 Å². The van der Waals surface area contributed by atoms with Gasteiger partial charge in [0.15, 0.2) is 5.11 Å². The van der Waals surface area contributed by atoms with Crippen molar-refractivity contribution in [1.29, 1.82) is 0 Å². The van der Waals surface area contributed by atoms with Crippen molar-refractivity contribution in [1.82, 2.24) is 5.32 Å². The monoisotopic (exact) mass is 222 g/mol. The minimum atomic E-state index is 0.296. The number of thiocarbonyl (C=S) groups is 1. The zero-order valence-electron chi connectivity index (χ0n) is 8.34. The Balaban J connectivity index is 2.23. The maximum Gasteiger partial charge on any atom is 0.168 e. The average Bonchev–Trinajstić information content (AvgIpc) is 2.41. The minimum absolute atomic E-state index is 0.296. The van der Waals surface area contributed by atoms with Gasteiger partial charge in [0.25, 0.3) is 0 Å². The lowest BCUT2D eigenvalue weighted by Crippen LogP contribution is -2.19. The third-order valence-electron chi connectivity index (χ3n) is 2.31. The molecule has 0 aliphatic carbocycles. The highest BCUT2D eigenvalue weighted by Gasteiger charge is 2.07. The SMILES string of the molecule is NC(=S)Nc1ccc2c(c1)CNCCN2. The maximum absolute atomic E-state index is 5.42. The van der Waals surface area contributed by atoms with Gasteiger partial charge in [-0.1, -0.05) is 0 Å². The molecule has 1 aliphatic heterocycles. The van der Waals surface area contributed by atoms with Crippen molar-refractivity contribution in [3.05, 3.63) is 23.8 Å². The number of anilines is 2. The van der Waals surface area contributed by atoms with Gasteiger partial charge in [-0.3, -0.25) is 0 Å². The van der Waals surface area contributed by atoms with Gasteiger partial charge in [0.2, 0.25) is 0 Å². The first-order chi connectivity index (χ1) is 7.25. The summed E-state index contributed by atoms with van der Waals surface area (Å²) in [6.07, 6.45) is 0. The normalized spacial score (nSPS) is 14.7. The summed E-state index contributed by atoms with van der Waals surface area (Å²) in [5.74, 6) is 0. The molecule has 1 heterocycles. The van der Waals surface area contributed by atoms with Crippen LogP contribution in [0.15, 0.2) is 18.2 Å². The first-order valence-electron chi connectivity index (χ1n) is 4.90. The van der Waals surface area contributed by atoms with Crippen LogP contribution in [0.4, 0.5) is 11.4 Å². The third kappa shape index (κ3) is 2.57. The number of hydrogen-bond acceptors (Lipinski definition) is 3. The molecule has 0 amide bonds. The van der Waals surface area contributed by atoms with E-state index in [0.717, 1.165) is 25.3 Å². The molecule has 0 radical (unpaired) electrons. The second-order valence-electron chi connectivity index (χ2n) is 3.46. The highest BCUT2D eigenvalue weighted by atomic mass is 32.1. The predicted molar refractivity (Wildman–Crippen MR) is 67.0 cm³/mol. The Bertz CT molecular complexity index is 378. The largest absolute Gasteiger partial charge is 0.384 e. The van der Waals surface area contributed by atoms with E-state index in [1.165, 1.54) is 11.3 Å². The van der Waals surface area contributed by atoms with E-state index in [0.29, 0.717) is 5.11 Å². The Morgan fingerprint density at radius 3 is 3.07 bits per heavy atom. The van der Waals surface area contributed by atoms with Crippen LogP contribution in [0.1, 0.15) is 5.56 Å². The quantitative estimate of drug-likeness (QED) is 0.531. The van der Waals surface area contributed by atoms with Crippen LogP contribution in [0.2, 0.25) is 0 Å². The number of nitrogens with two attached hydrogens (primary N) is 1. The third-order valence-corrected chi connectivity index (χ3v) is 2.41. The van der Waals surface area contributed by atoms with E-state index < -0.39 is 0 Å². The molecule has 0 saturated carbocycles. The van der Waals surface area contributed by atoms with E-state index >= 15 is 0 Å². The van der Waals surface area contributed by atoms with E-state index in [-0.39, 0.29) is 0 Å². The molecule has 0 atom stereocenters. The zero-order valence-corrected chi connectivity index (χ0v) is 9.16. The van der Waals surface area contributed by atoms with E-state index in [1.807, 2.05) is 12.1 Å². The van der Waals surface area contributed by atoms with Crippen molar-refractivity contribution >= 4 is 28.7 Å². The molecule has 1 aliphatic rings. The fourth-order valence-corrected chi connectivity index (χ4v) is 1.76. The van der Waals surface area contributed by atoms with Gasteiger partial charge in [-0.25, -0.2) is 0 Å². The van der Waals surface area contributed by atoms with Crippen LogP contribution in [0, 0.1) is 0 Å². The van der Waals surface area contributed by atoms with Crippen LogP contribution in [0.25, 0.3) is 0 Å². The van der Waals surface area contributed by atoms with Gasteiger partial charge in [0.1, 0.15) is 0 Å². The lowest BCUT2D eigenvalue weighted by atomic mass is 10.1. The van der Waals surface area contributed by atoms with Crippen LogP contribution in [-0.2, 0) is 6.54 Å². The number of benzene rings is 1. The second-order valence-corrected chi connectivity index (χ2v) is 3.90. The zero-order chi connectivity index (χ0) is 10.7. The van der Waals surface area contributed by atoms with Gasteiger partial charge in [-0.2, -0.15) is 0 Å². The lowest BCUT2D eigenvalue weighted by molar-refractivity contribution is 0.725. The summed E-state index contributed by atoms with van der Waals surface area (Å²) in [4.78, 5) is 0. The smallest absolute Gasteiger partial charge is 0.168 e. The van der Waals surface area contributed by atoms with E-state index in [1.54, 1.807) is 0 Å². The summed E-state index contributed by atoms with van der Waals surface area (Å²) in [5, 5.41) is 9.91. The molecular formula is C10H14N4S. The maximum atomic E-state index is 5.42. The highest BCUT2D eigenvalue weighted by Crippen LogP contribution is 2.21. The molecule has 0 saturated heterocycles. The lowest BCUT2D eigenvalue weighted by Gasteiger charge is -2.10. The van der Waals surface area contributed by atoms with Crippen LogP contribution >= 0.6 is 12.2 Å². The number of hydrogen-bond donors (Lipinski definition) is 4. The molecule has 0 bridgehead atoms. The Hall–Kier alpha value is -1.33. The van der Waals surface area contributed by atoms with Gasteiger partial charge < -0.3 is 21.7 Å². The standard InChI is InChI=1S/C10H14N4S/c11-10(15)14-8-1-2-9-7(5-8)6-12-3-4-13-9/h1-2,5,12-13H,3-4,6H2,(H3,11,14,15). The van der Waals surface area contributed by atoms with Crippen LogP contribution < -0.4 is 21.7 Å². The molecule has 80 valence electrons. The van der Waals surface area contributed by atoms with Gasteiger partial charge in [0, 0.05) is 31.0 Å². The Labute approximate surface area is 94.2 Å². The van der Waals surface area contributed by atoms with Crippen LogP contribution in [0.5, 0.6) is 0 Å². The van der Waals surface area contributed by atoms with Crippen molar-refractivity contribution in [2.24, 2.45) is 5.73 Å². The van der Waals surface area contributed by atoms with Crippen LogP contribution in [-0.4, -0.2) is 18.2 Å². The van der Waals surface area contributed by atoms with E-state index in [9.17, 15) is 0 Å². The molecule has 1 aromatic rings. The average molecular weight is 222 g/mol. The number of rotatable bonds is 1. The predicted octanol–water partition coefficient (Wildman–Crippen LogP) is 0.857. The van der Waals surface area contributed by atoms with Crippen LogP contribution in [0.3, 0.4) is 0 Å². The first-order valence-corrected chi connectivity index (χ1v) is 5.30. The fraction of sp³-hybridized carbons (Fsp3) is 0.300. The Morgan fingerprint density at radius 1 is 1.40 bits per heavy atom. The molecule has 0 spiro atoms. The van der Waals surface area contributed by atoms with Gasteiger partial charge in [0.05, 0.1) is 0 Å². The molecule has 5 heteroatoms. The van der Waals surface area contributed by atoms with E-state index in [4.69, 9.17) is 18.0 Å². The first kappa shape index (κ1) is 10.2. The van der Waals surface area contributed by atoms with Crippen molar-refractivity contribution < 1.29 is 0 Å². The van der Waals surface area contributed by atoms with Gasteiger partial charge >= 0.3 is 0 Å². The molecule has 0 unspecified atom stereocenters. The molecule has 5 N–H and O–H groups in total. The summed E-state index contributed by atoms with van der Waals surface area (Å²) in [6, 6.07) is 6.07. The molecule has 4 nitrogen and oxygen atoms in total. The number of nitrogens with one attached hydrogen (secondary N) is 3. The fourth-order valence-electron chi connectivity index (χ4n) is 1.64. The summed E-state index contributed by atoms with van der Waals surface area (Å²) in [7, 11) is 0. The number of fused-ring (bicyclic) bond motifs is 1. The molecule has 1 aromatic carbocycles. The molecule has 15 heavy (non-hydrogen) atoms. The second kappa shape index (κ2) is 4.46. The highest BCUT2D eigenvalue weighted by molar-refractivity contribution is 7.80. The minimum Gasteiger partial charge on any atom is -0.384 e. The van der Waals surface area contributed by atoms with Crippen molar-refractivity contribution in [2.75, 3.05) is 23.7 Å². The summed E-state index contributed by atoms with van der Waals surface area (Å²) in [5.41, 5.74) is 8.76. The Morgan fingerprint density at radius 2 is 2.27 bits per heavy atom. The molecule has 2 rings (SSSR count). The Kier molecular flexibility index (Phi) is 3.03.